The first-order valence-corrected chi connectivity index (χ1v) is 12.7. The third-order valence-corrected chi connectivity index (χ3v) is 6.86. The Hall–Kier alpha value is -2.87. The van der Waals surface area contributed by atoms with Crippen molar-refractivity contribution in [2.75, 3.05) is 24.2 Å². The summed E-state index contributed by atoms with van der Waals surface area (Å²) >= 11 is 0. The molecule has 2 rings (SSSR count). The Bertz CT molecular complexity index is 1090. The number of aryl methyl sites for hydroxylation is 1. The summed E-state index contributed by atoms with van der Waals surface area (Å²) in [6.45, 7) is 9.58. The lowest BCUT2D eigenvalue weighted by Gasteiger charge is -2.31. The zero-order valence-corrected chi connectivity index (χ0v) is 21.4. The predicted molar refractivity (Wildman–Crippen MR) is 133 cm³/mol. The molecule has 180 valence electrons. The molecule has 0 bridgehead atoms. The molecule has 0 saturated heterocycles. The van der Waals surface area contributed by atoms with Gasteiger partial charge in [0, 0.05) is 13.6 Å². The molecule has 0 unspecified atom stereocenters. The first-order valence-electron chi connectivity index (χ1n) is 10.9. The van der Waals surface area contributed by atoms with Crippen molar-refractivity contribution < 1.29 is 18.0 Å². The standard InChI is InChI=1S/C25H35N3O4S/c1-18-10-8-9-11-20(18)16-27(19(2)24(30)26-6)23(29)17-28(33(7,31)32)22-14-12-21(13-15-22)25(3,4)5/h8-15,19H,16-17H2,1-7H3,(H,26,30)/t19-/m0/s1. The lowest BCUT2D eigenvalue weighted by molar-refractivity contribution is -0.139. The number of hydrogen-bond acceptors (Lipinski definition) is 4. The SMILES string of the molecule is CNC(=O)[C@H](C)N(Cc1ccccc1C)C(=O)CN(c1ccc(C(C)(C)C)cc1)S(C)(=O)=O. The van der Waals surface area contributed by atoms with Gasteiger partial charge in [-0.2, -0.15) is 0 Å². The molecular formula is C25H35N3O4S. The summed E-state index contributed by atoms with van der Waals surface area (Å²) < 4.78 is 26.3. The van der Waals surface area contributed by atoms with E-state index in [1.807, 2.05) is 43.3 Å². The molecule has 0 aliphatic carbocycles. The molecule has 0 saturated carbocycles. The largest absolute Gasteiger partial charge is 0.357 e. The van der Waals surface area contributed by atoms with E-state index < -0.39 is 28.5 Å². The van der Waals surface area contributed by atoms with Gasteiger partial charge in [0.2, 0.25) is 21.8 Å². The van der Waals surface area contributed by atoms with Crippen LogP contribution in [0.3, 0.4) is 0 Å². The minimum atomic E-state index is -3.74. The fraction of sp³-hybridized carbons (Fsp3) is 0.440. The van der Waals surface area contributed by atoms with Gasteiger partial charge in [0.25, 0.3) is 0 Å². The van der Waals surface area contributed by atoms with E-state index in [0.717, 1.165) is 27.3 Å². The van der Waals surface area contributed by atoms with Crippen LogP contribution in [0.1, 0.15) is 44.4 Å². The number of benzene rings is 2. The number of nitrogens with zero attached hydrogens (tertiary/aromatic N) is 2. The second kappa shape index (κ2) is 10.4. The zero-order valence-electron chi connectivity index (χ0n) is 20.5. The molecule has 0 aliphatic heterocycles. The summed E-state index contributed by atoms with van der Waals surface area (Å²) in [5.41, 5.74) is 3.25. The van der Waals surface area contributed by atoms with E-state index in [9.17, 15) is 18.0 Å². The van der Waals surface area contributed by atoms with E-state index in [0.29, 0.717) is 5.69 Å². The van der Waals surface area contributed by atoms with Crippen molar-refractivity contribution in [3.8, 4) is 0 Å². The van der Waals surface area contributed by atoms with Crippen LogP contribution in [0.25, 0.3) is 0 Å². The van der Waals surface area contributed by atoms with Gasteiger partial charge < -0.3 is 10.2 Å². The number of likely N-dealkylation sites (N-methyl/N-ethyl adjacent to an activating group) is 1. The highest BCUT2D eigenvalue weighted by Crippen LogP contribution is 2.26. The summed E-state index contributed by atoms with van der Waals surface area (Å²) in [6, 6.07) is 14.0. The van der Waals surface area contributed by atoms with Crippen molar-refractivity contribution in [3.63, 3.8) is 0 Å². The van der Waals surface area contributed by atoms with E-state index in [1.54, 1.807) is 19.1 Å². The molecule has 1 N–H and O–H groups in total. The molecular weight excluding hydrogens is 438 g/mol. The summed E-state index contributed by atoms with van der Waals surface area (Å²) in [5.74, 6) is -0.781. The van der Waals surface area contributed by atoms with Crippen LogP contribution in [-0.4, -0.2) is 51.0 Å². The van der Waals surface area contributed by atoms with E-state index in [4.69, 9.17) is 0 Å². The first kappa shape index (κ1) is 26.4. The Morgan fingerprint density at radius 1 is 1.03 bits per heavy atom. The maximum atomic E-state index is 13.4. The summed E-state index contributed by atoms with van der Waals surface area (Å²) in [5, 5.41) is 2.57. The predicted octanol–water partition coefficient (Wildman–Crippen LogP) is 3.22. The second-order valence-corrected chi connectivity index (χ2v) is 11.2. The molecule has 0 aliphatic rings. The average Bonchev–Trinajstić information content (AvgIpc) is 2.74. The smallest absolute Gasteiger partial charge is 0.244 e. The lowest BCUT2D eigenvalue weighted by Crippen LogP contribution is -2.50. The van der Waals surface area contributed by atoms with Crippen molar-refractivity contribution in [1.29, 1.82) is 0 Å². The van der Waals surface area contributed by atoms with E-state index in [1.165, 1.54) is 11.9 Å². The van der Waals surface area contributed by atoms with E-state index in [2.05, 4.69) is 26.1 Å². The topological polar surface area (TPSA) is 86.8 Å². The molecule has 0 heterocycles. The van der Waals surface area contributed by atoms with Gasteiger partial charge in [0.05, 0.1) is 11.9 Å². The Morgan fingerprint density at radius 2 is 1.61 bits per heavy atom. The Balaban J connectivity index is 2.40. The number of anilines is 1. The van der Waals surface area contributed by atoms with Gasteiger partial charge in [-0.1, -0.05) is 57.2 Å². The third-order valence-electron chi connectivity index (χ3n) is 5.72. The number of carbonyl (C=O) groups excluding carboxylic acids is 2. The minimum absolute atomic E-state index is 0.0858. The molecule has 0 radical (unpaired) electrons. The Morgan fingerprint density at radius 3 is 2.09 bits per heavy atom. The van der Waals surface area contributed by atoms with Crippen LogP contribution >= 0.6 is 0 Å². The molecule has 2 aromatic carbocycles. The molecule has 2 amide bonds. The summed E-state index contributed by atoms with van der Waals surface area (Å²) in [4.78, 5) is 27.2. The normalized spacial score (nSPS) is 12.7. The van der Waals surface area contributed by atoms with Crippen molar-refractivity contribution in [1.82, 2.24) is 10.2 Å². The molecule has 7 nitrogen and oxygen atoms in total. The van der Waals surface area contributed by atoms with Gasteiger partial charge in [0.15, 0.2) is 0 Å². The van der Waals surface area contributed by atoms with Crippen molar-refractivity contribution in [2.45, 2.75) is 52.6 Å². The fourth-order valence-electron chi connectivity index (χ4n) is 3.50. The molecule has 0 aromatic heterocycles. The second-order valence-electron chi connectivity index (χ2n) is 9.30. The number of hydrogen-bond donors (Lipinski definition) is 1. The van der Waals surface area contributed by atoms with Crippen LogP contribution in [0.2, 0.25) is 0 Å². The van der Waals surface area contributed by atoms with Crippen LogP contribution < -0.4 is 9.62 Å². The van der Waals surface area contributed by atoms with Gasteiger partial charge in [-0.25, -0.2) is 8.42 Å². The van der Waals surface area contributed by atoms with Gasteiger partial charge >= 0.3 is 0 Å². The zero-order chi connectivity index (χ0) is 25.0. The fourth-order valence-corrected chi connectivity index (χ4v) is 4.35. The lowest BCUT2D eigenvalue weighted by atomic mass is 9.87. The van der Waals surface area contributed by atoms with Gasteiger partial charge in [0.1, 0.15) is 12.6 Å². The molecule has 8 heteroatoms. The van der Waals surface area contributed by atoms with E-state index >= 15 is 0 Å². The molecule has 0 spiro atoms. The van der Waals surface area contributed by atoms with Crippen LogP contribution in [0, 0.1) is 6.92 Å². The van der Waals surface area contributed by atoms with Crippen molar-refractivity contribution in [2.24, 2.45) is 0 Å². The van der Waals surface area contributed by atoms with Gasteiger partial charge in [-0.05, 0) is 48.1 Å². The number of carbonyl (C=O) groups is 2. The highest BCUT2D eigenvalue weighted by molar-refractivity contribution is 7.92. The maximum Gasteiger partial charge on any atom is 0.244 e. The highest BCUT2D eigenvalue weighted by atomic mass is 32.2. The molecule has 33 heavy (non-hydrogen) atoms. The van der Waals surface area contributed by atoms with Crippen LogP contribution in [0.4, 0.5) is 5.69 Å². The average molecular weight is 474 g/mol. The number of sulfonamides is 1. The highest BCUT2D eigenvalue weighted by Gasteiger charge is 2.30. The molecule has 0 fully saturated rings. The van der Waals surface area contributed by atoms with Gasteiger partial charge in [-0.3, -0.25) is 13.9 Å². The van der Waals surface area contributed by atoms with Crippen molar-refractivity contribution in [3.05, 3.63) is 65.2 Å². The van der Waals surface area contributed by atoms with Crippen LogP contribution in [0.5, 0.6) is 0 Å². The number of amides is 2. The van der Waals surface area contributed by atoms with Gasteiger partial charge in [-0.15, -0.1) is 0 Å². The molecule has 2 aromatic rings. The Labute approximate surface area is 197 Å². The third kappa shape index (κ3) is 6.81. The minimum Gasteiger partial charge on any atom is -0.357 e. The quantitative estimate of drug-likeness (QED) is 0.638. The number of rotatable bonds is 8. The summed E-state index contributed by atoms with van der Waals surface area (Å²) in [6.07, 6.45) is 1.08. The van der Waals surface area contributed by atoms with Crippen LogP contribution in [-0.2, 0) is 31.6 Å². The van der Waals surface area contributed by atoms with Crippen LogP contribution in [0.15, 0.2) is 48.5 Å². The van der Waals surface area contributed by atoms with Crippen molar-refractivity contribution >= 4 is 27.5 Å². The van der Waals surface area contributed by atoms with E-state index in [-0.39, 0.29) is 17.9 Å². The first-order chi connectivity index (χ1) is 15.3. The number of nitrogens with one attached hydrogen (secondary N) is 1. The summed E-state index contributed by atoms with van der Waals surface area (Å²) in [7, 11) is -2.23. The molecule has 1 atom stereocenters. The monoisotopic (exact) mass is 473 g/mol. The maximum absolute atomic E-state index is 13.4. The Kier molecular flexibility index (Phi) is 8.30.